The molecule has 0 amide bonds. The molecule has 1 radical (unpaired) electrons. The maximum absolute atomic E-state index is 4.72. The quantitative estimate of drug-likeness (QED) is 0.194. The first-order valence-corrected chi connectivity index (χ1v) is 10.5. The average molecular weight is 601 g/mol. The summed E-state index contributed by atoms with van der Waals surface area (Å²) in [7, 11) is 0. The van der Waals surface area contributed by atoms with Gasteiger partial charge in [0.05, 0.1) is 5.52 Å². The minimum Gasteiger partial charge on any atom is -0.305 e. The Hall–Kier alpha value is -3.65. The van der Waals surface area contributed by atoms with E-state index in [9.17, 15) is 0 Å². The summed E-state index contributed by atoms with van der Waals surface area (Å²) in [6.07, 6.45) is 1.79. The topological polar surface area (TPSA) is 25.8 Å². The molecule has 0 spiro atoms. The molecule has 0 aliphatic carbocycles. The van der Waals surface area contributed by atoms with Crippen molar-refractivity contribution in [2.75, 3.05) is 0 Å². The molecule has 2 nitrogen and oxygen atoms in total. The van der Waals surface area contributed by atoms with Crippen LogP contribution >= 0.6 is 0 Å². The third-order valence-corrected chi connectivity index (χ3v) is 5.20. The van der Waals surface area contributed by atoms with Crippen LogP contribution in [0.25, 0.3) is 44.2 Å². The van der Waals surface area contributed by atoms with Gasteiger partial charge in [0.25, 0.3) is 0 Å². The Labute approximate surface area is 207 Å². The van der Waals surface area contributed by atoms with Crippen LogP contribution in [0.5, 0.6) is 0 Å². The van der Waals surface area contributed by atoms with Gasteiger partial charge in [0.1, 0.15) is 0 Å². The number of nitrogens with zero attached hydrogens (tertiary/aromatic N) is 2. The molecule has 0 aliphatic rings. The summed E-state index contributed by atoms with van der Waals surface area (Å²) in [6, 6.07) is 45.0. The van der Waals surface area contributed by atoms with E-state index in [4.69, 9.17) is 4.98 Å². The molecule has 0 atom stereocenters. The molecule has 2 aromatic heterocycles. The SMILES string of the molecule is [Ir].[c-]1cc2ccccc2cc1-c1ccc2ccccc2n1.[c-]1ccccc1-c1ccccn1. The molecule has 0 aliphatic heterocycles. The van der Waals surface area contributed by atoms with E-state index >= 15 is 0 Å². The smallest absolute Gasteiger partial charge is 0.0595 e. The Bertz CT molecular complexity index is 1350. The summed E-state index contributed by atoms with van der Waals surface area (Å²) in [6.45, 7) is 0. The van der Waals surface area contributed by atoms with E-state index in [0.29, 0.717) is 0 Å². The van der Waals surface area contributed by atoms with Gasteiger partial charge in [0.15, 0.2) is 0 Å². The van der Waals surface area contributed by atoms with Crippen LogP contribution in [0, 0.1) is 12.1 Å². The number of pyridine rings is 2. The Kier molecular flexibility index (Phi) is 7.36. The van der Waals surface area contributed by atoms with E-state index < -0.39 is 0 Å². The number of rotatable bonds is 2. The number of benzene rings is 4. The van der Waals surface area contributed by atoms with E-state index in [1.54, 1.807) is 6.20 Å². The first-order chi connectivity index (χ1) is 15.9. The fraction of sp³-hybridized carbons (Fsp3) is 0. The van der Waals surface area contributed by atoms with Crippen LogP contribution in [0.4, 0.5) is 0 Å². The molecule has 161 valence electrons. The van der Waals surface area contributed by atoms with Gasteiger partial charge in [-0.05, 0) is 28.9 Å². The van der Waals surface area contributed by atoms with Crippen molar-refractivity contribution in [3.8, 4) is 22.5 Å². The van der Waals surface area contributed by atoms with Gasteiger partial charge in [-0.25, -0.2) is 0 Å². The van der Waals surface area contributed by atoms with Crippen LogP contribution in [0.1, 0.15) is 0 Å². The predicted octanol–water partition coefficient (Wildman–Crippen LogP) is 7.40. The van der Waals surface area contributed by atoms with Crippen LogP contribution in [0.3, 0.4) is 0 Å². The van der Waals surface area contributed by atoms with Crippen LogP contribution < -0.4 is 0 Å². The van der Waals surface area contributed by atoms with Gasteiger partial charge < -0.3 is 4.98 Å². The molecule has 0 saturated carbocycles. The van der Waals surface area contributed by atoms with Gasteiger partial charge in [-0.3, -0.25) is 4.98 Å². The number of hydrogen-bond acceptors (Lipinski definition) is 2. The maximum Gasteiger partial charge on any atom is 0.0595 e. The van der Waals surface area contributed by atoms with E-state index in [2.05, 4.69) is 59.6 Å². The molecule has 0 fully saturated rings. The number of para-hydroxylation sites is 1. The van der Waals surface area contributed by atoms with Gasteiger partial charge in [-0.1, -0.05) is 72.1 Å². The second-order valence-electron chi connectivity index (χ2n) is 7.36. The average Bonchev–Trinajstić information content (AvgIpc) is 2.89. The predicted molar refractivity (Wildman–Crippen MR) is 132 cm³/mol. The van der Waals surface area contributed by atoms with Crippen molar-refractivity contribution in [3.63, 3.8) is 0 Å². The normalized spacial score (nSPS) is 10.2. The number of aromatic nitrogens is 2. The van der Waals surface area contributed by atoms with Gasteiger partial charge >= 0.3 is 0 Å². The van der Waals surface area contributed by atoms with Crippen LogP contribution in [-0.2, 0) is 20.1 Å². The molecule has 0 bridgehead atoms. The molecular formula is C30H20IrN2-2. The minimum absolute atomic E-state index is 0. The van der Waals surface area contributed by atoms with Crippen molar-refractivity contribution < 1.29 is 20.1 Å². The zero-order valence-corrected chi connectivity index (χ0v) is 20.2. The van der Waals surface area contributed by atoms with E-state index in [-0.39, 0.29) is 20.1 Å². The standard InChI is InChI=1S/C19H12N.C11H8N.Ir/c1-2-7-16-13-17(10-9-14(16)5-1)19-12-11-15-6-3-4-8-18(15)20-19;1-2-6-10(7-3-1)11-8-4-5-9-12-11;/h1-9,11-13H;1-6,8-9H;/q2*-1;. The van der Waals surface area contributed by atoms with Gasteiger partial charge in [0.2, 0.25) is 0 Å². The molecule has 3 heteroatoms. The van der Waals surface area contributed by atoms with Crippen molar-refractivity contribution in [3.05, 3.63) is 134 Å². The van der Waals surface area contributed by atoms with E-state index in [1.807, 2.05) is 72.8 Å². The maximum atomic E-state index is 4.72. The fourth-order valence-corrected chi connectivity index (χ4v) is 3.57. The van der Waals surface area contributed by atoms with Crippen molar-refractivity contribution in [2.45, 2.75) is 0 Å². The summed E-state index contributed by atoms with van der Waals surface area (Å²) >= 11 is 0. The molecular weight excluding hydrogens is 581 g/mol. The largest absolute Gasteiger partial charge is 0.305 e. The van der Waals surface area contributed by atoms with Crippen LogP contribution in [-0.4, -0.2) is 9.97 Å². The number of hydrogen-bond donors (Lipinski definition) is 0. The molecule has 0 N–H and O–H groups in total. The molecule has 4 aromatic carbocycles. The fourth-order valence-electron chi connectivity index (χ4n) is 3.57. The summed E-state index contributed by atoms with van der Waals surface area (Å²) in [4.78, 5) is 8.94. The van der Waals surface area contributed by atoms with Crippen molar-refractivity contribution in [1.82, 2.24) is 9.97 Å². The summed E-state index contributed by atoms with van der Waals surface area (Å²) in [5.41, 5.74) is 5.03. The first-order valence-electron chi connectivity index (χ1n) is 10.5. The second-order valence-corrected chi connectivity index (χ2v) is 7.36. The Morgan fingerprint density at radius 2 is 1.30 bits per heavy atom. The molecule has 0 saturated heterocycles. The zero-order chi connectivity index (χ0) is 21.6. The summed E-state index contributed by atoms with van der Waals surface area (Å²) < 4.78 is 0. The Balaban J connectivity index is 0.000000172. The van der Waals surface area contributed by atoms with Gasteiger partial charge in [-0.2, -0.15) is 0 Å². The first kappa shape index (κ1) is 22.5. The molecule has 6 aromatic rings. The van der Waals surface area contributed by atoms with Crippen molar-refractivity contribution in [2.24, 2.45) is 0 Å². The number of fused-ring (bicyclic) bond motifs is 2. The van der Waals surface area contributed by atoms with Gasteiger partial charge in [0, 0.05) is 26.3 Å². The van der Waals surface area contributed by atoms with Crippen molar-refractivity contribution in [1.29, 1.82) is 0 Å². The zero-order valence-electron chi connectivity index (χ0n) is 17.8. The van der Waals surface area contributed by atoms with Crippen LogP contribution in [0.15, 0.2) is 121 Å². The third-order valence-electron chi connectivity index (χ3n) is 5.20. The van der Waals surface area contributed by atoms with Crippen molar-refractivity contribution >= 4 is 21.7 Å². The summed E-state index contributed by atoms with van der Waals surface area (Å²) in [5.74, 6) is 0. The molecule has 33 heavy (non-hydrogen) atoms. The second kappa shape index (κ2) is 10.8. The molecule has 2 heterocycles. The minimum atomic E-state index is 0. The van der Waals surface area contributed by atoms with Gasteiger partial charge in [-0.15, -0.1) is 65.0 Å². The Morgan fingerprint density at radius 1 is 0.545 bits per heavy atom. The molecule has 6 rings (SSSR count). The third kappa shape index (κ3) is 5.40. The summed E-state index contributed by atoms with van der Waals surface area (Å²) in [5, 5.41) is 3.59. The van der Waals surface area contributed by atoms with E-state index in [1.165, 1.54) is 10.8 Å². The molecule has 0 unspecified atom stereocenters. The Morgan fingerprint density at radius 3 is 2.09 bits per heavy atom. The van der Waals surface area contributed by atoms with E-state index in [0.717, 1.165) is 33.4 Å². The monoisotopic (exact) mass is 601 g/mol. The van der Waals surface area contributed by atoms with Crippen LogP contribution in [0.2, 0.25) is 0 Å².